The van der Waals surface area contributed by atoms with Crippen LogP contribution in [-0.4, -0.2) is 25.8 Å². The van der Waals surface area contributed by atoms with Crippen LogP contribution in [0.2, 0.25) is 0 Å². The van der Waals surface area contributed by atoms with Crippen molar-refractivity contribution >= 4 is 11.1 Å². The molecule has 3 aromatic rings. The van der Waals surface area contributed by atoms with E-state index in [-0.39, 0.29) is 11.5 Å². The van der Waals surface area contributed by atoms with Crippen LogP contribution in [0.5, 0.6) is 0 Å². The Hall–Kier alpha value is -2.21. The van der Waals surface area contributed by atoms with Gasteiger partial charge in [-0.05, 0) is 30.0 Å². The van der Waals surface area contributed by atoms with Crippen LogP contribution in [0, 0.1) is 0 Å². The summed E-state index contributed by atoms with van der Waals surface area (Å²) in [5.41, 5.74) is 3.12. The molecule has 0 spiro atoms. The summed E-state index contributed by atoms with van der Waals surface area (Å²) in [7, 11) is 0. The van der Waals surface area contributed by atoms with E-state index in [2.05, 4.69) is 60.2 Å². The highest BCUT2D eigenvalue weighted by Gasteiger charge is 2.16. The molecule has 6 heteroatoms. The van der Waals surface area contributed by atoms with Crippen LogP contribution in [0.15, 0.2) is 35.3 Å². The van der Waals surface area contributed by atoms with Crippen molar-refractivity contribution in [3.63, 3.8) is 0 Å². The number of fused-ring (bicyclic) bond motifs is 1. The van der Waals surface area contributed by atoms with Crippen LogP contribution in [0.1, 0.15) is 39.1 Å². The van der Waals surface area contributed by atoms with Gasteiger partial charge in [0.25, 0.3) is 0 Å². The lowest BCUT2D eigenvalue weighted by Gasteiger charge is -2.18. The van der Waals surface area contributed by atoms with E-state index >= 15 is 0 Å². The molecule has 3 rings (SSSR count). The van der Waals surface area contributed by atoms with E-state index in [0.29, 0.717) is 12.4 Å². The standard InChI is InChI=1S/C17H23N5O/c1-12(9-22-11-18-10-20-22)19-8-16-21-14-7-13(17(2,3)4)5-6-15(14)23-16/h5-7,10-12,19H,8-9H2,1-4H3/t12-/m1/s1. The molecule has 0 radical (unpaired) electrons. The van der Waals surface area contributed by atoms with Crippen LogP contribution >= 0.6 is 0 Å². The van der Waals surface area contributed by atoms with Crippen molar-refractivity contribution in [3.8, 4) is 0 Å². The highest BCUT2D eigenvalue weighted by Crippen LogP contribution is 2.26. The number of nitrogens with zero attached hydrogens (tertiary/aromatic N) is 4. The third-order valence-electron chi connectivity index (χ3n) is 3.83. The van der Waals surface area contributed by atoms with Gasteiger partial charge in [0.15, 0.2) is 5.58 Å². The second-order valence-electron chi connectivity index (χ2n) is 6.94. The second-order valence-corrected chi connectivity index (χ2v) is 6.94. The summed E-state index contributed by atoms with van der Waals surface area (Å²) in [5, 5.41) is 7.50. The molecule has 0 aliphatic heterocycles. The summed E-state index contributed by atoms with van der Waals surface area (Å²) in [6, 6.07) is 6.47. The molecule has 0 saturated carbocycles. The van der Waals surface area contributed by atoms with Gasteiger partial charge >= 0.3 is 0 Å². The zero-order valence-electron chi connectivity index (χ0n) is 14.1. The number of hydrogen-bond donors (Lipinski definition) is 1. The molecule has 0 saturated heterocycles. The predicted molar refractivity (Wildman–Crippen MR) is 89.0 cm³/mol. The molecule has 0 amide bonds. The Labute approximate surface area is 135 Å². The van der Waals surface area contributed by atoms with Crippen LogP contribution in [0.3, 0.4) is 0 Å². The monoisotopic (exact) mass is 313 g/mol. The fourth-order valence-electron chi connectivity index (χ4n) is 2.45. The van der Waals surface area contributed by atoms with Crippen LogP contribution in [-0.2, 0) is 18.5 Å². The normalized spacial score (nSPS) is 13.6. The van der Waals surface area contributed by atoms with Gasteiger partial charge in [0.1, 0.15) is 18.2 Å². The first-order valence-electron chi connectivity index (χ1n) is 7.87. The molecule has 0 aliphatic rings. The summed E-state index contributed by atoms with van der Waals surface area (Å²) in [5.74, 6) is 0.705. The average molecular weight is 313 g/mol. The van der Waals surface area contributed by atoms with E-state index in [1.807, 2.05) is 6.07 Å². The quantitative estimate of drug-likeness (QED) is 0.784. The molecular weight excluding hydrogens is 290 g/mol. The maximum atomic E-state index is 5.81. The van der Waals surface area contributed by atoms with E-state index in [9.17, 15) is 0 Å². The Balaban J connectivity index is 1.66. The fourth-order valence-corrected chi connectivity index (χ4v) is 2.45. The highest BCUT2D eigenvalue weighted by atomic mass is 16.3. The predicted octanol–water partition coefficient (Wildman–Crippen LogP) is 2.90. The van der Waals surface area contributed by atoms with Crippen molar-refractivity contribution in [2.24, 2.45) is 0 Å². The Bertz CT molecular complexity index is 770. The third-order valence-corrected chi connectivity index (χ3v) is 3.83. The van der Waals surface area contributed by atoms with Gasteiger partial charge in [0, 0.05) is 6.04 Å². The SMILES string of the molecule is C[C@H](Cn1cncn1)NCc1nc2cc(C(C)(C)C)ccc2o1. The largest absolute Gasteiger partial charge is 0.439 e. The van der Waals surface area contributed by atoms with Gasteiger partial charge in [-0.25, -0.2) is 9.97 Å². The maximum Gasteiger partial charge on any atom is 0.209 e. The fraction of sp³-hybridized carbons (Fsp3) is 0.471. The number of oxazole rings is 1. The number of rotatable bonds is 5. The lowest BCUT2D eigenvalue weighted by Crippen LogP contribution is -2.30. The number of benzene rings is 1. The minimum absolute atomic E-state index is 0.109. The van der Waals surface area contributed by atoms with Crippen LogP contribution in [0.25, 0.3) is 11.1 Å². The van der Waals surface area contributed by atoms with E-state index in [4.69, 9.17) is 4.42 Å². The summed E-state index contributed by atoms with van der Waals surface area (Å²) < 4.78 is 7.62. The second kappa shape index (κ2) is 6.12. The third kappa shape index (κ3) is 3.76. The van der Waals surface area contributed by atoms with Crippen molar-refractivity contribution in [1.82, 2.24) is 25.1 Å². The van der Waals surface area contributed by atoms with Gasteiger partial charge in [-0.3, -0.25) is 4.68 Å². The van der Waals surface area contributed by atoms with Gasteiger partial charge in [-0.1, -0.05) is 26.8 Å². The Kier molecular flexibility index (Phi) is 4.17. The van der Waals surface area contributed by atoms with E-state index < -0.39 is 0 Å². The van der Waals surface area contributed by atoms with Crippen LogP contribution < -0.4 is 5.32 Å². The minimum Gasteiger partial charge on any atom is -0.439 e. The zero-order valence-corrected chi connectivity index (χ0v) is 14.1. The number of aromatic nitrogens is 4. The zero-order chi connectivity index (χ0) is 16.4. The summed E-state index contributed by atoms with van der Waals surface area (Å²) in [4.78, 5) is 8.54. The molecule has 1 atom stereocenters. The molecule has 2 aromatic heterocycles. The topological polar surface area (TPSA) is 68.8 Å². The van der Waals surface area contributed by atoms with Crippen molar-refractivity contribution in [2.45, 2.75) is 52.2 Å². The van der Waals surface area contributed by atoms with E-state index in [0.717, 1.165) is 17.6 Å². The van der Waals surface area contributed by atoms with Crippen molar-refractivity contribution in [3.05, 3.63) is 42.3 Å². The Morgan fingerprint density at radius 3 is 2.83 bits per heavy atom. The maximum absolute atomic E-state index is 5.81. The van der Waals surface area contributed by atoms with Gasteiger partial charge < -0.3 is 9.73 Å². The molecule has 1 N–H and O–H groups in total. The Morgan fingerprint density at radius 2 is 2.13 bits per heavy atom. The van der Waals surface area contributed by atoms with Gasteiger partial charge in [0.05, 0.1) is 13.1 Å². The first-order valence-corrected chi connectivity index (χ1v) is 7.87. The molecular formula is C17H23N5O. The van der Waals surface area contributed by atoms with E-state index in [1.165, 1.54) is 5.56 Å². The smallest absolute Gasteiger partial charge is 0.209 e. The average Bonchev–Trinajstić information content (AvgIpc) is 3.11. The molecule has 1 aromatic carbocycles. The molecule has 122 valence electrons. The van der Waals surface area contributed by atoms with Gasteiger partial charge in [-0.2, -0.15) is 5.10 Å². The molecule has 23 heavy (non-hydrogen) atoms. The van der Waals surface area contributed by atoms with Gasteiger partial charge in [-0.15, -0.1) is 0 Å². The first kappa shape index (κ1) is 15.7. The molecule has 0 unspecified atom stereocenters. The molecule has 0 aliphatic carbocycles. The highest BCUT2D eigenvalue weighted by molar-refractivity contribution is 5.73. The molecule has 6 nitrogen and oxygen atoms in total. The number of nitrogens with one attached hydrogen (secondary N) is 1. The van der Waals surface area contributed by atoms with Crippen LogP contribution in [0.4, 0.5) is 0 Å². The van der Waals surface area contributed by atoms with Gasteiger partial charge in [0.2, 0.25) is 5.89 Å². The van der Waals surface area contributed by atoms with Crippen molar-refractivity contribution in [2.75, 3.05) is 0 Å². The first-order chi connectivity index (χ1) is 10.9. The lowest BCUT2D eigenvalue weighted by atomic mass is 9.87. The molecule has 0 fully saturated rings. The lowest BCUT2D eigenvalue weighted by molar-refractivity contribution is 0.415. The molecule has 0 bridgehead atoms. The molecule has 2 heterocycles. The van der Waals surface area contributed by atoms with Crippen molar-refractivity contribution < 1.29 is 4.42 Å². The van der Waals surface area contributed by atoms with E-state index in [1.54, 1.807) is 17.3 Å². The van der Waals surface area contributed by atoms with Crippen molar-refractivity contribution in [1.29, 1.82) is 0 Å². The summed E-state index contributed by atoms with van der Waals surface area (Å²) in [6.07, 6.45) is 3.26. The Morgan fingerprint density at radius 1 is 1.30 bits per heavy atom. The minimum atomic E-state index is 0.109. The summed E-state index contributed by atoms with van der Waals surface area (Å²) >= 11 is 0. The number of hydrogen-bond acceptors (Lipinski definition) is 5. The summed E-state index contributed by atoms with van der Waals surface area (Å²) in [6.45, 7) is 10.0.